The number of aromatic nitrogens is 4. The summed E-state index contributed by atoms with van der Waals surface area (Å²) in [5.74, 6) is 0.0967. The quantitative estimate of drug-likeness (QED) is 0.155. The van der Waals surface area contributed by atoms with Crippen LogP contribution in [0.2, 0.25) is 0 Å². The van der Waals surface area contributed by atoms with E-state index in [0.29, 0.717) is 12.0 Å². The second-order valence-corrected chi connectivity index (χ2v) is 9.93. The van der Waals surface area contributed by atoms with Crippen molar-refractivity contribution >= 4 is 23.3 Å². The first-order valence-electron chi connectivity index (χ1n) is 13.1. The average molecular weight is 556 g/mol. The molecule has 0 saturated carbocycles. The Balaban J connectivity index is 1.56. The van der Waals surface area contributed by atoms with E-state index in [4.69, 9.17) is 9.47 Å². The van der Waals surface area contributed by atoms with E-state index in [9.17, 15) is 4.79 Å². The van der Waals surface area contributed by atoms with Crippen LogP contribution in [-0.2, 0) is 15.1 Å². The molecule has 0 bridgehead atoms. The second-order valence-electron chi connectivity index (χ2n) is 9.93. The van der Waals surface area contributed by atoms with Gasteiger partial charge in [0, 0.05) is 5.92 Å². The first-order chi connectivity index (χ1) is 20.0. The van der Waals surface area contributed by atoms with Crippen molar-refractivity contribution in [1.82, 2.24) is 19.5 Å². The molecular formula is C31H27F2N5O3. The number of halogens is 2. The number of benzene rings is 3. The van der Waals surface area contributed by atoms with E-state index >= 15 is 8.78 Å². The maximum atomic E-state index is 15.2. The molecule has 3 heterocycles. The SMILES string of the molecule is COc1ccc(C(Nc2nc(F)nc3c2ncn3[C@@H]2O[C@H](C=O)[C@@H](C)[C@@H]2F)(c2ccccc2)c2ccccc2)cc1. The van der Waals surface area contributed by atoms with Crippen molar-refractivity contribution in [2.45, 2.75) is 31.0 Å². The number of aldehydes is 1. The Morgan fingerprint density at radius 2 is 1.56 bits per heavy atom. The molecule has 1 saturated heterocycles. The van der Waals surface area contributed by atoms with Gasteiger partial charge in [0.25, 0.3) is 0 Å². The first kappa shape index (κ1) is 26.5. The third-order valence-electron chi connectivity index (χ3n) is 7.63. The summed E-state index contributed by atoms with van der Waals surface area (Å²) >= 11 is 0. The third kappa shape index (κ3) is 4.50. The number of anilines is 1. The molecule has 0 amide bonds. The lowest BCUT2D eigenvalue weighted by Gasteiger charge is -2.37. The van der Waals surface area contributed by atoms with E-state index in [-0.39, 0.29) is 17.0 Å². The number of imidazole rings is 1. The van der Waals surface area contributed by atoms with Crippen molar-refractivity contribution in [2.24, 2.45) is 5.92 Å². The van der Waals surface area contributed by atoms with E-state index in [0.717, 1.165) is 16.7 Å². The highest BCUT2D eigenvalue weighted by Gasteiger charge is 2.44. The zero-order valence-corrected chi connectivity index (χ0v) is 22.3. The maximum absolute atomic E-state index is 15.2. The van der Waals surface area contributed by atoms with Gasteiger partial charge < -0.3 is 19.6 Å². The Labute approximate surface area is 235 Å². The van der Waals surface area contributed by atoms with Crippen LogP contribution in [0, 0.1) is 12.0 Å². The summed E-state index contributed by atoms with van der Waals surface area (Å²) in [5, 5.41) is 3.51. The van der Waals surface area contributed by atoms with Gasteiger partial charge in [0.2, 0.25) is 0 Å². The van der Waals surface area contributed by atoms with E-state index < -0.39 is 36.0 Å². The summed E-state index contributed by atoms with van der Waals surface area (Å²) in [7, 11) is 1.60. The lowest BCUT2D eigenvalue weighted by Crippen LogP contribution is -2.38. The number of rotatable bonds is 8. The Bertz CT molecular complexity index is 1630. The van der Waals surface area contributed by atoms with E-state index in [1.165, 1.54) is 10.9 Å². The molecule has 1 aliphatic rings. The molecule has 6 rings (SSSR count). The maximum Gasteiger partial charge on any atom is 0.312 e. The molecule has 4 atom stereocenters. The number of methoxy groups -OCH3 is 1. The summed E-state index contributed by atoms with van der Waals surface area (Å²) in [6.07, 6.45) is -2.77. The van der Waals surface area contributed by atoms with Gasteiger partial charge >= 0.3 is 6.08 Å². The molecule has 0 radical (unpaired) electrons. The molecule has 208 valence electrons. The smallest absolute Gasteiger partial charge is 0.312 e. The number of hydrogen-bond acceptors (Lipinski definition) is 7. The summed E-state index contributed by atoms with van der Waals surface area (Å²) in [4.78, 5) is 24.0. The molecule has 41 heavy (non-hydrogen) atoms. The van der Waals surface area contributed by atoms with Gasteiger partial charge in [-0.05, 0) is 28.8 Å². The van der Waals surface area contributed by atoms with Gasteiger partial charge in [0.15, 0.2) is 29.4 Å². The molecule has 3 aromatic carbocycles. The second kappa shape index (κ2) is 10.7. The minimum Gasteiger partial charge on any atom is -0.497 e. The molecule has 1 fully saturated rings. The molecule has 0 unspecified atom stereocenters. The van der Waals surface area contributed by atoms with Crippen molar-refractivity contribution < 1.29 is 23.0 Å². The van der Waals surface area contributed by atoms with Crippen LogP contribution in [0.4, 0.5) is 14.6 Å². The number of fused-ring (bicyclic) bond motifs is 1. The topological polar surface area (TPSA) is 91.2 Å². The van der Waals surface area contributed by atoms with Crippen molar-refractivity contribution in [3.63, 3.8) is 0 Å². The Morgan fingerprint density at radius 1 is 0.951 bits per heavy atom. The van der Waals surface area contributed by atoms with Crippen LogP contribution in [0.15, 0.2) is 91.3 Å². The van der Waals surface area contributed by atoms with Crippen LogP contribution < -0.4 is 10.1 Å². The zero-order chi connectivity index (χ0) is 28.6. The van der Waals surface area contributed by atoms with Crippen molar-refractivity contribution in [1.29, 1.82) is 0 Å². The molecule has 10 heteroatoms. The Hall–Kier alpha value is -4.70. The molecule has 0 aliphatic carbocycles. The summed E-state index contributed by atoms with van der Waals surface area (Å²) in [5.41, 5.74) is 1.73. The minimum atomic E-state index is -1.52. The number of alkyl halides is 1. The van der Waals surface area contributed by atoms with E-state index in [2.05, 4.69) is 20.3 Å². The molecule has 8 nitrogen and oxygen atoms in total. The van der Waals surface area contributed by atoms with Crippen LogP contribution >= 0.6 is 0 Å². The monoisotopic (exact) mass is 555 g/mol. The van der Waals surface area contributed by atoms with E-state index in [1.54, 1.807) is 14.0 Å². The average Bonchev–Trinajstić information content (AvgIpc) is 3.56. The van der Waals surface area contributed by atoms with Crippen LogP contribution in [-0.4, -0.2) is 45.2 Å². The summed E-state index contributed by atoms with van der Waals surface area (Å²) in [6, 6.07) is 27.0. The first-order valence-corrected chi connectivity index (χ1v) is 13.1. The van der Waals surface area contributed by atoms with Gasteiger partial charge in [-0.1, -0.05) is 79.7 Å². The Kier molecular flexibility index (Phi) is 6.92. The van der Waals surface area contributed by atoms with Gasteiger partial charge in [-0.3, -0.25) is 4.57 Å². The lowest BCUT2D eigenvalue weighted by atomic mass is 9.77. The molecule has 0 spiro atoms. The molecule has 1 aliphatic heterocycles. The fourth-order valence-corrected chi connectivity index (χ4v) is 5.45. The predicted octanol–water partition coefficient (Wildman–Crippen LogP) is 5.45. The normalized spacial score (nSPS) is 20.7. The van der Waals surface area contributed by atoms with Crippen LogP contribution in [0.25, 0.3) is 11.2 Å². The van der Waals surface area contributed by atoms with E-state index in [1.807, 2.05) is 84.9 Å². The summed E-state index contributed by atoms with van der Waals surface area (Å²) in [6.45, 7) is 1.59. The fourth-order valence-electron chi connectivity index (χ4n) is 5.45. The number of carbonyl (C=O) groups excluding carboxylic acids is 1. The highest BCUT2D eigenvalue weighted by molar-refractivity contribution is 5.84. The Morgan fingerprint density at radius 3 is 2.12 bits per heavy atom. The lowest BCUT2D eigenvalue weighted by molar-refractivity contribution is -0.120. The number of carbonyl (C=O) groups is 1. The van der Waals surface area contributed by atoms with Crippen LogP contribution in [0.1, 0.15) is 29.8 Å². The van der Waals surface area contributed by atoms with Crippen molar-refractivity contribution in [2.75, 3.05) is 12.4 Å². The van der Waals surface area contributed by atoms with Crippen LogP contribution in [0.5, 0.6) is 5.75 Å². The predicted molar refractivity (Wildman–Crippen MR) is 149 cm³/mol. The number of hydrogen-bond donors (Lipinski definition) is 1. The van der Waals surface area contributed by atoms with Gasteiger partial charge in [-0.15, -0.1) is 0 Å². The molecule has 2 aromatic heterocycles. The van der Waals surface area contributed by atoms with Crippen molar-refractivity contribution in [3.8, 4) is 5.75 Å². The fraction of sp³-hybridized carbons (Fsp3) is 0.226. The minimum absolute atomic E-state index is 0.0381. The highest BCUT2D eigenvalue weighted by Crippen LogP contribution is 2.42. The number of nitrogens with zero attached hydrogens (tertiary/aromatic N) is 4. The highest BCUT2D eigenvalue weighted by atomic mass is 19.1. The number of ether oxygens (including phenoxy) is 2. The van der Waals surface area contributed by atoms with Gasteiger partial charge in [-0.25, -0.2) is 9.37 Å². The summed E-state index contributed by atoms with van der Waals surface area (Å²) < 4.78 is 42.7. The van der Waals surface area contributed by atoms with Gasteiger partial charge in [0.1, 0.15) is 23.7 Å². The molecule has 5 aromatic rings. The molecular weight excluding hydrogens is 528 g/mol. The number of nitrogens with one attached hydrogen (secondary N) is 1. The third-order valence-corrected chi connectivity index (χ3v) is 7.63. The van der Waals surface area contributed by atoms with Gasteiger partial charge in [-0.2, -0.15) is 14.4 Å². The van der Waals surface area contributed by atoms with Crippen LogP contribution in [0.3, 0.4) is 0 Å². The van der Waals surface area contributed by atoms with Crippen molar-refractivity contribution in [3.05, 3.63) is 114 Å². The standard InChI is InChI=1S/C31H27F2N5O3/c1-19-24(17-39)41-29(25(19)32)38-18-34-26-27(35-30(33)36-28(26)38)37-31(20-9-5-3-6-10-20,21-11-7-4-8-12-21)22-13-15-23(40-2)16-14-22/h3-19,24-25,29H,1-2H3,(H,35,36,37)/t19-,24-,25+,29-/m1/s1. The van der Waals surface area contributed by atoms with Gasteiger partial charge in [0.05, 0.1) is 13.4 Å². The molecule has 1 N–H and O–H groups in total. The largest absolute Gasteiger partial charge is 0.497 e. The zero-order valence-electron chi connectivity index (χ0n) is 22.3.